The van der Waals surface area contributed by atoms with Gasteiger partial charge >= 0.3 is 5.82 Å². The predicted molar refractivity (Wildman–Crippen MR) is 107 cm³/mol. The molecule has 0 atom stereocenters. The van der Waals surface area contributed by atoms with Crippen LogP contribution in [0.25, 0.3) is 22.5 Å². The minimum absolute atomic E-state index is 0.177. The highest BCUT2D eigenvalue weighted by Gasteiger charge is 2.17. The van der Waals surface area contributed by atoms with E-state index in [1.54, 1.807) is 6.20 Å². The molecule has 7 nitrogen and oxygen atoms in total. The van der Waals surface area contributed by atoms with E-state index in [2.05, 4.69) is 43.2 Å². The summed E-state index contributed by atoms with van der Waals surface area (Å²) < 4.78 is 3.36. The van der Waals surface area contributed by atoms with Crippen molar-refractivity contribution >= 4 is 5.82 Å². The molecule has 2 heterocycles. The first-order valence-electron chi connectivity index (χ1n) is 8.90. The quantitative estimate of drug-likeness (QED) is 0.382. The van der Waals surface area contributed by atoms with Gasteiger partial charge in [-0.05, 0) is 36.0 Å². The molecule has 0 spiro atoms. The Labute approximate surface area is 162 Å². The summed E-state index contributed by atoms with van der Waals surface area (Å²) in [6, 6.07) is 19.6. The summed E-state index contributed by atoms with van der Waals surface area (Å²) in [6.07, 6.45) is 1.59. The Hall–Kier alpha value is -3.74. The first kappa shape index (κ1) is 17.7. The molecule has 0 aliphatic heterocycles. The first-order chi connectivity index (χ1) is 13.5. The normalized spacial score (nSPS) is 10.9. The van der Waals surface area contributed by atoms with Crippen molar-refractivity contribution in [1.29, 1.82) is 0 Å². The summed E-state index contributed by atoms with van der Waals surface area (Å²) in [5.41, 5.74) is 6.19. The highest BCUT2D eigenvalue weighted by Crippen LogP contribution is 2.30. The van der Waals surface area contributed by atoms with Crippen LogP contribution in [0.2, 0.25) is 0 Å². The van der Waals surface area contributed by atoms with Crippen molar-refractivity contribution in [3.8, 4) is 22.5 Å². The van der Waals surface area contributed by atoms with Crippen molar-refractivity contribution in [2.75, 3.05) is 0 Å². The SMILES string of the molecule is Cc1ccccc1-c1cc(-c2ccccc2C)n(Cn2ccc([N+](=O)[O-])n2)n1. The largest absolute Gasteiger partial charge is 0.389 e. The number of hydrogen-bond donors (Lipinski definition) is 0. The third kappa shape index (κ3) is 3.29. The van der Waals surface area contributed by atoms with Crippen molar-refractivity contribution in [1.82, 2.24) is 19.6 Å². The summed E-state index contributed by atoms with van der Waals surface area (Å²) in [4.78, 5) is 10.4. The standard InChI is InChI=1S/C21H19N5O2/c1-15-7-3-5-9-17(15)19-13-20(18-10-6-4-8-16(18)2)25(22-19)14-24-12-11-21(23-24)26(27)28/h3-13H,14H2,1-2H3. The number of aromatic nitrogens is 4. The van der Waals surface area contributed by atoms with E-state index in [9.17, 15) is 10.1 Å². The molecule has 0 bridgehead atoms. The van der Waals surface area contributed by atoms with E-state index < -0.39 is 4.92 Å². The van der Waals surface area contributed by atoms with Crippen LogP contribution in [0.4, 0.5) is 5.82 Å². The number of rotatable bonds is 5. The van der Waals surface area contributed by atoms with Crippen molar-refractivity contribution in [2.45, 2.75) is 20.5 Å². The number of aryl methyl sites for hydroxylation is 2. The van der Waals surface area contributed by atoms with Gasteiger partial charge in [-0.1, -0.05) is 48.5 Å². The highest BCUT2D eigenvalue weighted by atomic mass is 16.6. The van der Waals surface area contributed by atoms with Crippen LogP contribution < -0.4 is 0 Å². The van der Waals surface area contributed by atoms with Gasteiger partial charge in [0.2, 0.25) is 0 Å². The number of nitro groups is 1. The van der Waals surface area contributed by atoms with E-state index in [0.29, 0.717) is 0 Å². The maximum Gasteiger partial charge on any atom is 0.389 e. The molecule has 2 aromatic carbocycles. The Bertz CT molecular complexity index is 1160. The Kier molecular flexibility index (Phi) is 4.49. The van der Waals surface area contributed by atoms with Gasteiger partial charge in [0.25, 0.3) is 0 Å². The molecule has 7 heteroatoms. The second-order valence-corrected chi connectivity index (χ2v) is 6.66. The lowest BCUT2D eigenvalue weighted by molar-refractivity contribution is -0.389. The van der Waals surface area contributed by atoms with E-state index in [0.717, 1.165) is 33.6 Å². The summed E-state index contributed by atoms with van der Waals surface area (Å²) in [5, 5.41) is 19.7. The van der Waals surface area contributed by atoms with Crippen LogP contribution in [0, 0.1) is 24.0 Å². The van der Waals surface area contributed by atoms with Crippen molar-refractivity contribution < 1.29 is 4.92 Å². The predicted octanol–water partition coefficient (Wildman–Crippen LogP) is 4.44. The summed E-state index contributed by atoms with van der Waals surface area (Å²) in [6.45, 7) is 4.39. The van der Waals surface area contributed by atoms with Gasteiger partial charge in [0.05, 0.1) is 28.7 Å². The monoisotopic (exact) mass is 373 g/mol. The van der Waals surface area contributed by atoms with E-state index in [1.807, 2.05) is 35.0 Å². The molecular weight excluding hydrogens is 354 g/mol. The summed E-state index contributed by atoms with van der Waals surface area (Å²) in [7, 11) is 0. The van der Waals surface area contributed by atoms with Crippen LogP contribution >= 0.6 is 0 Å². The molecule has 0 aliphatic carbocycles. The minimum atomic E-state index is -0.499. The third-order valence-electron chi connectivity index (χ3n) is 4.71. The minimum Gasteiger partial charge on any atom is -0.358 e. The zero-order valence-corrected chi connectivity index (χ0v) is 15.6. The summed E-state index contributed by atoms with van der Waals surface area (Å²) >= 11 is 0. The Morgan fingerprint density at radius 1 is 0.929 bits per heavy atom. The topological polar surface area (TPSA) is 78.8 Å². The Morgan fingerprint density at radius 2 is 1.57 bits per heavy atom. The fourth-order valence-electron chi connectivity index (χ4n) is 3.26. The van der Waals surface area contributed by atoms with E-state index in [1.165, 1.54) is 10.7 Å². The third-order valence-corrected chi connectivity index (χ3v) is 4.71. The number of nitrogens with zero attached hydrogens (tertiary/aromatic N) is 5. The highest BCUT2D eigenvalue weighted by molar-refractivity contribution is 5.72. The van der Waals surface area contributed by atoms with Crippen molar-refractivity contribution in [3.05, 3.63) is 88.1 Å². The zero-order valence-electron chi connectivity index (χ0n) is 15.6. The molecule has 4 aromatic rings. The summed E-state index contributed by atoms with van der Waals surface area (Å²) in [5.74, 6) is -0.177. The van der Waals surface area contributed by atoms with Crippen LogP contribution in [0.15, 0.2) is 66.9 Å². The molecule has 0 saturated heterocycles. The molecule has 0 unspecified atom stereocenters. The average molecular weight is 373 g/mol. The lowest BCUT2D eigenvalue weighted by Crippen LogP contribution is -2.12. The Morgan fingerprint density at radius 3 is 2.18 bits per heavy atom. The molecule has 2 aromatic heterocycles. The van der Waals surface area contributed by atoms with E-state index >= 15 is 0 Å². The van der Waals surface area contributed by atoms with Crippen LogP contribution in [0.3, 0.4) is 0 Å². The van der Waals surface area contributed by atoms with Gasteiger partial charge in [-0.3, -0.25) is 0 Å². The van der Waals surface area contributed by atoms with Gasteiger partial charge in [0.1, 0.15) is 0 Å². The van der Waals surface area contributed by atoms with Crippen molar-refractivity contribution in [3.63, 3.8) is 0 Å². The second kappa shape index (κ2) is 7.11. The van der Waals surface area contributed by atoms with Crippen LogP contribution in [-0.2, 0) is 6.67 Å². The van der Waals surface area contributed by atoms with E-state index in [-0.39, 0.29) is 12.5 Å². The second-order valence-electron chi connectivity index (χ2n) is 6.66. The van der Waals surface area contributed by atoms with E-state index in [4.69, 9.17) is 5.10 Å². The van der Waals surface area contributed by atoms with Crippen LogP contribution in [0.1, 0.15) is 11.1 Å². The Balaban J connectivity index is 1.82. The van der Waals surface area contributed by atoms with Gasteiger partial charge in [0, 0.05) is 11.1 Å². The van der Waals surface area contributed by atoms with Gasteiger partial charge in [0.15, 0.2) is 6.67 Å². The lowest BCUT2D eigenvalue weighted by Gasteiger charge is -2.08. The molecular formula is C21H19N5O2. The first-order valence-corrected chi connectivity index (χ1v) is 8.90. The molecule has 0 amide bonds. The molecule has 0 radical (unpaired) electrons. The van der Waals surface area contributed by atoms with Gasteiger partial charge < -0.3 is 10.1 Å². The number of benzene rings is 2. The molecule has 4 rings (SSSR count). The maximum atomic E-state index is 10.9. The van der Waals surface area contributed by atoms with Crippen molar-refractivity contribution in [2.24, 2.45) is 0 Å². The molecule has 0 fully saturated rings. The molecule has 0 N–H and O–H groups in total. The van der Waals surface area contributed by atoms with Gasteiger partial charge in [-0.25, -0.2) is 4.68 Å². The van der Waals surface area contributed by atoms with Gasteiger partial charge in [-0.2, -0.15) is 9.78 Å². The average Bonchev–Trinajstić information content (AvgIpc) is 3.30. The van der Waals surface area contributed by atoms with Gasteiger partial charge in [-0.15, -0.1) is 0 Å². The molecule has 140 valence electrons. The van der Waals surface area contributed by atoms with Crippen LogP contribution in [-0.4, -0.2) is 24.5 Å². The smallest absolute Gasteiger partial charge is 0.358 e. The lowest BCUT2D eigenvalue weighted by atomic mass is 10.0. The maximum absolute atomic E-state index is 10.9. The molecule has 0 saturated carbocycles. The molecule has 0 aliphatic rings. The van der Waals surface area contributed by atoms with Crippen LogP contribution in [0.5, 0.6) is 0 Å². The fraction of sp³-hybridized carbons (Fsp3) is 0.143. The number of hydrogen-bond acceptors (Lipinski definition) is 4. The fourth-order valence-corrected chi connectivity index (χ4v) is 3.26. The zero-order chi connectivity index (χ0) is 19.7. The molecule has 28 heavy (non-hydrogen) atoms.